The van der Waals surface area contributed by atoms with Gasteiger partial charge in [0.15, 0.2) is 0 Å². The summed E-state index contributed by atoms with van der Waals surface area (Å²) in [4.78, 5) is 26.1. The van der Waals surface area contributed by atoms with Gasteiger partial charge in [-0.25, -0.2) is 0 Å². The Hall–Kier alpha value is -4.32. The largest absolute Gasteiger partial charge is 0.423 e. The van der Waals surface area contributed by atoms with E-state index in [4.69, 9.17) is 10.00 Å². The van der Waals surface area contributed by atoms with E-state index in [9.17, 15) is 41.3 Å². The lowest BCUT2D eigenvalue weighted by Crippen LogP contribution is -2.38. The lowest BCUT2D eigenvalue weighted by Gasteiger charge is -2.26. The molecule has 15 heteroatoms. The van der Waals surface area contributed by atoms with E-state index in [1.165, 1.54) is 12.1 Å². The second-order valence-electron chi connectivity index (χ2n) is 10.5. The molecule has 0 spiro atoms. The van der Waals surface area contributed by atoms with Crippen LogP contribution in [0.15, 0.2) is 48.2 Å². The molecule has 1 aliphatic carbocycles. The highest BCUT2D eigenvalue weighted by Gasteiger charge is 2.39. The van der Waals surface area contributed by atoms with Crippen LogP contribution in [0.2, 0.25) is 0 Å². The number of hydrogen-bond acceptors (Lipinski definition) is 7. The van der Waals surface area contributed by atoms with Crippen LogP contribution in [0.3, 0.4) is 0 Å². The van der Waals surface area contributed by atoms with Crippen LogP contribution in [0.5, 0.6) is 0 Å². The van der Waals surface area contributed by atoms with Crippen LogP contribution in [-0.2, 0) is 21.9 Å². The average molecular weight is 626 g/mol. The standard InChI is InChI=1S/C29H29F6N5O4/c30-28(31,32)24-14-21(5-4-20(24)16-36)37-17-19-2-7-23(8-3-19)44-18-27(41)39-11-1-10-38(12-13-39)22-6-9-26(40(42)43)25(15-22)29(33,34)35/h4-6,9,14-15,17,23,37H,1-3,7-8,10-13,18H2. The number of hydrogen-bond donors (Lipinski definition) is 1. The van der Waals surface area contributed by atoms with Gasteiger partial charge in [-0.3, -0.25) is 14.9 Å². The number of rotatable bonds is 7. The zero-order valence-corrected chi connectivity index (χ0v) is 23.4. The van der Waals surface area contributed by atoms with Crippen molar-refractivity contribution in [3.63, 3.8) is 0 Å². The number of nitro groups is 1. The molecule has 1 N–H and O–H groups in total. The van der Waals surface area contributed by atoms with Gasteiger partial charge in [-0.2, -0.15) is 31.6 Å². The lowest BCUT2D eigenvalue weighted by atomic mass is 9.93. The molecule has 9 nitrogen and oxygen atoms in total. The summed E-state index contributed by atoms with van der Waals surface area (Å²) in [5, 5.41) is 22.8. The molecule has 1 amide bonds. The molecular formula is C29H29F6N5O4. The zero-order valence-electron chi connectivity index (χ0n) is 23.4. The number of amides is 1. The fourth-order valence-corrected chi connectivity index (χ4v) is 5.24. The Morgan fingerprint density at radius 2 is 1.73 bits per heavy atom. The molecule has 1 saturated carbocycles. The molecule has 2 fully saturated rings. The molecule has 1 aliphatic heterocycles. The Morgan fingerprint density at radius 1 is 1.02 bits per heavy atom. The first-order valence-electron chi connectivity index (χ1n) is 13.8. The normalized spacial score (nSPS) is 17.9. The number of carbonyl (C=O) groups is 1. The van der Waals surface area contributed by atoms with E-state index < -0.39 is 39.7 Å². The summed E-state index contributed by atoms with van der Waals surface area (Å²) in [5.41, 5.74) is -2.43. The van der Waals surface area contributed by atoms with Gasteiger partial charge in [-0.15, -0.1) is 0 Å². The number of ether oxygens (including phenoxy) is 1. The maximum Gasteiger partial charge on any atom is 0.423 e. The number of nitrogens with one attached hydrogen (secondary N) is 1. The van der Waals surface area contributed by atoms with Crippen LogP contribution in [0.25, 0.3) is 0 Å². The van der Waals surface area contributed by atoms with Crippen molar-refractivity contribution < 1.29 is 40.8 Å². The molecular weight excluding hydrogens is 596 g/mol. The minimum absolute atomic E-state index is 0.164. The number of alkyl halides is 6. The van der Waals surface area contributed by atoms with Crippen LogP contribution in [0, 0.1) is 21.4 Å². The molecule has 236 valence electrons. The van der Waals surface area contributed by atoms with Gasteiger partial charge in [0, 0.05) is 49.8 Å². The second-order valence-corrected chi connectivity index (χ2v) is 10.5. The summed E-state index contributed by atoms with van der Waals surface area (Å²) in [5.74, 6) is -0.254. The van der Waals surface area contributed by atoms with Gasteiger partial charge in [0.1, 0.15) is 12.2 Å². The molecule has 2 aromatic carbocycles. The topological polar surface area (TPSA) is 112 Å². The van der Waals surface area contributed by atoms with Gasteiger partial charge in [0.2, 0.25) is 5.91 Å². The molecule has 2 aromatic rings. The molecule has 1 saturated heterocycles. The SMILES string of the molecule is N#Cc1ccc(NC=C2CCC(OCC(=O)N3CCCN(c4ccc([N+](=O)[O-])c(C(F)(F)F)c4)CC3)CC2)cc1C(F)(F)F. The fourth-order valence-electron chi connectivity index (χ4n) is 5.24. The molecule has 1 heterocycles. The van der Waals surface area contributed by atoms with Gasteiger partial charge in [0.05, 0.1) is 28.2 Å². The van der Waals surface area contributed by atoms with Crippen LogP contribution in [0.4, 0.5) is 43.4 Å². The highest BCUT2D eigenvalue weighted by atomic mass is 19.4. The molecule has 44 heavy (non-hydrogen) atoms. The fraction of sp³-hybridized carbons (Fsp3) is 0.448. The smallest absolute Gasteiger partial charge is 0.370 e. The number of nitrogens with zero attached hydrogens (tertiary/aromatic N) is 4. The van der Waals surface area contributed by atoms with Crippen molar-refractivity contribution in [3.05, 3.63) is 75.0 Å². The maximum atomic E-state index is 13.4. The van der Waals surface area contributed by atoms with Crippen LogP contribution in [-0.4, -0.2) is 54.6 Å². The van der Waals surface area contributed by atoms with E-state index >= 15 is 0 Å². The predicted molar refractivity (Wildman–Crippen MR) is 148 cm³/mol. The maximum absolute atomic E-state index is 13.4. The summed E-state index contributed by atoms with van der Waals surface area (Å²) >= 11 is 0. The third kappa shape index (κ3) is 8.19. The van der Waals surface area contributed by atoms with E-state index in [0.717, 1.165) is 29.8 Å². The third-order valence-electron chi connectivity index (χ3n) is 7.60. The molecule has 2 aliphatic rings. The van der Waals surface area contributed by atoms with Gasteiger partial charge in [-0.1, -0.05) is 5.57 Å². The predicted octanol–water partition coefficient (Wildman–Crippen LogP) is 6.50. The van der Waals surface area contributed by atoms with Crippen LogP contribution < -0.4 is 10.2 Å². The first kappa shape index (κ1) is 32.6. The molecule has 0 bridgehead atoms. The van der Waals surface area contributed by atoms with Crippen molar-refractivity contribution in [2.24, 2.45) is 0 Å². The number of benzene rings is 2. The summed E-state index contributed by atoms with van der Waals surface area (Å²) in [6, 6.07) is 7.85. The molecule has 4 rings (SSSR count). The van der Waals surface area contributed by atoms with E-state index in [1.807, 2.05) is 0 Å². The second kappa shape index (κ2) is 13.5. The zero-order chi connectivity index (χ0) is 32.1. The summed E-state index contributed by atoms with van der Waals surface area (Å²) in [7, 11) is 0. The summed E-state index contributed by atoms with van der Waals surface area (Å²) in [6.45, 7) is 1.07. The number of halogens is 6. The Balaban J connectivity index is 1.25. The molecule has 0 aromatic heterocycles. The highest BCUT2D eigenvalue weighted by molar-refractivity contribution is 5.77. The minimum atomic E-state index is -4.89. The van der Waals surface area contributed by atoms with Gasteiger partial charge in [0.25, 0.3) is 5.69 Å². The Bertz CT molecular complexity index is 1440. The highest BCUT2D eigenvalue weighted by Crippen LogP contribution is 2.38. The number of anilines is 2. The van der Waals surface area contributed by atoms with Crippen molar-refractivity contribution in [2.75, 3.05) is 43.0 Å². The Labute approximate surface area is 248 Å². The third-order valence-corrected chi connectivity index (χ3v) is 7.60. The first-order chi connectivity index (χ1) is 20.8. The van der Waals surface area contributed by atoms with Crippen molar-refractivity contribution in [3.8, 4) is 6.07 Å². The monoisotopic (exact) mass is 625 g/mol. The van der Waals surface area contributed by atoms with E-state index in [1.54, 1.807) is 22.1 Å². The average Bonchev–Trinajstić information content (AvgIpc) is 3.24. The number of carbonyl (C=O) groups excluding carboxylic acids is 1. The molecule has 0 radical (unpaired) electrons. The number of nitriles is 1. The Morgan fingerprint density at radius 3 is 2.36 bits per heavy atom. The van der Waals surface area contributed by atoms with E-state index in [2.05, 4.69) is 5.32 Å². The van der Waals surface area contributed by atoms with Crippen molar-refractivity contribution in [2.45, 2.75) is 50.6 Å². The summed E-state index contributed by atoms with van der Waals surface area (Å²) < 4.78 is 85.7. The van der Waals surface area contributed by atoms with Crippen molar-refractivity contribution >= 4 is 23.0 Å². The summed E-state index contributed by atoms with van der Waals surface area (Å²) in [6.07, 6.45) is -5.15. The van der Waals surface area contributed by atoms with Crippen molar-refractivity contribution in [1.29, 1.82) is 5.26 Å². The lowest BCUT2D eigenvalue weighted by molar-refractivity contribution is -0.388. The Kier molecular flexibility index (Phi) is 10.0. The molecule has 0 atom stereocenters. The van der Waals surface area contributed by atoms with Gasteiger partial charge in [-0.05, 0) is 62.4 Å². The minimum Gasteiger partial charge on any atom is -0.370 e. The van der Waals surface area contributed by atoms with Crippen molar-refractivity contribution in [1.82, 2.24) is 4.90 Å². The van der Waals surface area contributed by atoms with E-state index in [-0.39, 0.29) is 43.1 Å². The number of allylic oxidation sites excluding steroid dienone is 1. The van der Waals surface area contributed by atoms with Gasteiger partial charge < -0.3 is 19.9 Å². The number of nitro benzene ring substituents is 1. The van der Waals surface area contributed by atoms with Gasteiger partial charge >= 0.3 is 12.4 Å². The first-order valence-corrected chi connectivity index (χ1v) is 13.8. The van der Waals surface area contributed by atoms with Crippen LogP contribution >= 0.6 is 0 Å². The quantitative estimate of drug-likeness (QED) is 0.213. The molecule has 0 unspecified atom stereocenters. The van der Waals surface area contributed by atoms with E-state index in [0.29, 0.717) is 45.2 Å². The van der Waals surface area contributed by atoms with Crippen LogP contribution in [0.1, 0.15) is 48.8 Å².